The Morgan fingerprint density at radius 2 is 1.95 bits per heavy atom. The Hall–Kier alpha value is -0.930. The molecular weight excluding hydrogens is 239 g/mol. The Labute approximate surface area is 115 Å². The molecule has 1 unspecified atom stereocenters. The SMILES string of the molecule is Cc1cc(C(CC2CCCCCC2)NN)ccc1F. The molecule has 19 heavy (non-hydrogen) atoms. The van der Waals surface area contributed by atoms with E-state index in [1.165, 1.54) is 38.5 Å². The number of nitrogens with two attached hydrogens (primary N) is 1. The molecule has 2 rings (SSSR count). The molecule has 1 saturated carbocycles. The predicted octanol–water partition coefficient (Wildman–Crippen LogP) is 4.00. The van der Waals surface area contributed by atoms with Crippen molar-refractivity contribution in [1.82, 2.24) is 5.43 Å². The lowest BCUT2D eigenvalue weighted by Crippen LogP contribution is -2.29. The van der Waals surface area contributed by atoms with E-state index in [9.17, 15) is 4.39 Å². The molecule has 0 aliphatic heterocycles. The van der Waals surface area contributed by atoms with Crippen molar-refractivity contribution in [3.05, 3.63) is 35.1 Å². The Morgan fingerprint density at radius 1 is 1.26 bits per heavy atom. The summed E-state index contributed by atoms with van der Waals surface area (Å²) in [4.78, 5) is 0. The molecule has 1 aromatic rings. The molecule has 1 fully saturated rings. The van der Waals surface area contributed by atoms with E-state index < -0.39 is 0 Å². The largest absolute Gasteiger partial charge is 0.271 e. The molecule has 0 heterocycles. The lowest BCUT2D eigenvalue weighted by atomic mass is 9.89. The maximum Gasteiger partial charge on any atom is 0.126 e. The minimum atomic E-state index is -0.144. The molecule has 3 heteroatoms. The lowest BCUT2D eigenvalue weighted by molar-refractivity contribution is 0.359. The standard InChI is InChI=1S/C16H25FN2/c1-12-10-14(8-9-15(12)17)16(19-18)11-13-6-4-2-3-5-7-13/h8-10,13,16,19H,2-7,11,18H2,1H3. The van der Waals surface area contributed by atoms with E-state index >= 15 is 0 Å². The lowest BCUT2D eigenvalue weighted by Gasteiger charge is -2.22. The maximum atomic E-state index is 13.3. The summed E-state index contributed by atoms with van der Waals surface area (Å²) in [5.74, 6) is 6.31. The summed E-state index contributed by atoms with van der Waals surface area (Å²) in [6, 6.07) is 5.45. The van der Waals surface area contributed by atoms with Gasteiger partial charge in [0.2, 0.25) is 0 Å². The third-order valence-electron chi connectivity index (χ3n) is 4.33. The third kappa shape index (κ3) is 4.02. The van der Waals surface area contributed by atoms with Gasteiger partial charge in [0, 0.05) is 6.04 Å². The number of hydrogen-bond acceptors (Lipinski definition) is 2. The van der Waals surface area contributed by atoms with Crippen molar-refractivity contribution in [3.8, 4) is 0 Å². The summed E-state index contributed by atoms with van der Waals surface area (Å²) in [6.45, 7) is 1.80. The molecule has 1 aliphatic rings. The highest BCUT2D eigenvalue weighted by molar-refractivity contribution is 5.26. The van der Waals surface area contributed by atoms with Crippen molar-refractivity contribution in [2.75, 3.05) is 0 Å². The first-order valence-electron chi connectivity index (χ1n) is 7.43. The molecule has 1 atom stereocenters. The first kappa shape index (κ1) is 14.5. The van der Waals surface area contributed by atoms with Crippen LogP contribution in [0.2, 0.25) is 0 Å². The van der Waals surface area contributed by atoms with Crippen LogP contribution in [0.1, 0.15) is 62.1 Å². The summed E-state index contributed by atoms with van der Waals surface area (Å²) in [7, 11) is 0. The van der Waals surface area contributed by atoms with Crippen molar-refractivity contribution in [3.63, 3.8) is 0 Å². The number of aryl methyl sites for hydroxylation is 1. The molecule has 1 aromatic carbocycles. The van der Waals surface area contributed by atoms with Gasteiger partial charge >= 0.3 is 0 Å². The predicted molar refractivity (Wildman–Crippen MR) is 77.0 cm³/mol. The Balaban J connectivity index is 2.03. The van der Waals surface area contributed by atoms with Crippen LogP contribution in [0.15, 0.2) is 18.2 Å². The summed E-state index contributed by atoms with van der Waals surface area (Å²) >= 11 is 0. The summed E-state index contributed by atoms with van der Waals surface area (Å²) in [6.07, 6.45) is 9.08. The van der Waals surface area contributed by atoms with Crippen LogP contribution in [0.4, 0.5) is 4.39 Å². The monoisotopic (exact) mass is 264 g/mol. The summed E-state index contributed by atoms with van der Waals surface area (Å²) in [5.41, 5.74) is 4.71. The highest BCUT2D eigenvalue weighted by Crippen LogP contribution is 2.31. The van der Waals surface area contributed by atoms with E-state index in [-0.39, 0.29) is 11.9 Å². The maximum absolute atomic E-state index is 13.3. The fraction of sp³-hybridized carbons (Fsp3) is 0.625. The smallest absolute Gasteiger partial charge is 0.126 e. The average Bonchev–Trinajstić information content (AvgIpc) is 2.68. The van der Waals surface area contributed by atoms with Crippen LogP contribution in [0.3, 0.4) is 0 Å². The molecule has 0 amide bonds. The van der Waals surface area contributed by atoms with Gasteiger partial charge in [-0.1, -0.05) is 50.7 Å². The number of benzene rings is 1. The molecule has 1 aliphatic carbocycles. The van der Waals surface area contributed by atoms with E-state index in [1.54, 1.807) is 13.0 Å². The molecule has 0 bridgehead atoms. The highest BCUT2D eigenvalue weighted by Gasteiger charge is 2.19. The van der Waals surface area contributed by atoms with Gasteiger partial charge in [0.25, 0.3) is 0 Å². The fourth-order valence-corrected chi connectivity index (χ4v) is 3.12. The van der Waals surface area contributed by atoms with Crippen molar-refractivity contribution >= 4 is 0 Å². The Bertz CT molecular complexity index is 398. The van der Waals surface area contributed by atoms with E-state index in [0.717, 1.165) is 17.9 Å². The van der Waals surface area contributed by atoms with Gasteiger partial charge < -0.3 is 0 Å². The molecule has 0 spiro atoms. The zero-order chi connectivity index (χ0) is 13.7. The zero-order valence-electron chi connectivity index (χ0n) is 11.8. The van der Waals surface area contributed by atoms with Gasteiger partial charge in [0.05, 0.1) is 0 Å². The second kappa shape index (κ2) is 7.01. The van der Waals surface area contributed by atoms with Crippen LogP contribution >= 0.6 is 0 Å². The van der Waals surface area contributed by atoms with Crippen LogP contribution in [-0.2, 0) is 0 Å². The van der Waals surface area contributed by atoms with Gasteiger partial charge in [-0.05, 0) is 36.5 Å². The number of halogens is 1. The van der Waals surface area contributed by atoms with Crippen LogP contribution < -0.4 is 11.3 Å². The average molecular weight is 264 g/mol. The molecule has 106 valence electrons. The van der Waals surface area contributed by atoms with Crippen LogP contribution in [0.5, 0.6) is 0 Å². The second-order valence-corrected chi connectivity index (χ2v) is 5.82. The van der Waals surface area contributed by atoms with E-state index in [0.29, 0.717) is 5.56 Å². The van der Waals surface area contributed by atoms with E-state index in [1.807, 2.05) is 12.1 Å². The van der Waals surface area contributed by atoms with Crippen LogP contribution in [0.25, 0.3) is 0 Å². The molecule has 0 saturated heterocycles. The van der Waals surface area contributed by atoms with Crippen molar-refractivity contribution in [2.45, 2.75) is 57.9 Å². The summed E-state index contributed by atoms with van der Waals surface area (Å²) in [5, 5.41) is 0. The van der Waals surface area contributed by atoms with Crippen LogP contribution in [-0.4, -0.2) is 0 Å². The summed E-state index contributed by atoms with van der Waals surface area (Å²) < 4.78 is 13.3. The second-order valence-electron chi connectivity index (χ2n) is 5.82. The Kier molecular flexibility index (Phi) is 5.34. The number of rotatable bonds is 4. The van der Waals surface area contributed by atoms with Crippen molar-refractivity contribution in [1.29, 1.82) is 0 Å². The van der Waals surface area contributed by atoms with Crippen molar-refractivity contribution in [2.24, 2.45) is 11.8 Å². The normalized spacial score (nSPS) is 19.1. The van der Waals surface area contributed by atoms with Gasteiger partial charge in [-0.15, -0.1) is 0 Å². The minimum absolute atomic E-state index is 0.141. The van der Waals surface area contributed by atoms with E-state index in [2.05, 4.69) is 5.43 Å². The zero-order valence-corrected chi connectivity index (χ0v) is 11.8. The highest BCUT2D eigenvalue weighted by atomic mass is 19.1. The molecule has 0 aromatic heterocycles. The van der Waals surface area contributed by atoms with E-state index in [4.69, 9.17) is 5.84 Å². The third-order valence-corrected chi connectivity index (χ3v) is 4.33. The van der Waals surface area contributed by atoms with Gasteiger partial charge in [-0.3, -0.25) is 11.3 Å². The fourth-order valence-electron chi connectivity index (χ4n) is 3.12. The minimum Gasteiger partial charge on any atom is -0.271 e. The quantitative estimate of drug-likeness (QED) is 0.490. The van der Waals surface area contributed by atoms with Gasteiger partial charge in [-0.25, -0.2) is 4.39 Å². The first-order valence-corrected chi connectivity index (χ1v) is 7.43. The molecular formula is C16H25FN2. The van der Waals surface area contributed by atoms with Crippen LogP contribution in [0, 0.1) is 18.7 Å². The van der Waals surface area contributed by atoms with Gasteiger partial charge in [-0.2, -0.15) is 0 Å². The Morgan fingerprint density at radius 3 is 2.53 bits per heavy atom. The topological polar surface area (TPSA) is 38.0 Å². The molecule has 2 nitrogen and oxygen atoms in total. The number of hydrogen-bond donors (Lipinski definition) is 2. The number of nitrogens with one attached hydrogen (secondary N) is 1. The first-order chi connectivity index (χ1) is 9.20. The number of hydrazine groups is 1. The molecule has 0 radical (unpaired) electrons. The van der Waals surface area contributed by atoms with Crippen molar-refractivity contribution < 1.29 is 4.39 Å². The molecule has 3 N–H and O–H groups in total. The van der Waals surface area contributed by atoms with Gasteiger partial charge in [0.15, 0.2) is 0 Å². The van der Waals surface area contributed by atoms with Gasteiger partial charge in [0.1, 0.15) is 5.82 Å².